The zero-order valence-electron chi connectivity index (χ0n) is 12.0. The summed E-state index contributed by atoms with van der Waals surface area (Å²) in [6.07, 6.45) is 1.52. The predicted molar refractivity (Wildman–Crippen MR) is 76.8 cm³/mol. The number of hydrogen-bond donors (Lipinski definition) is 0. The molecule has 5 nitrogen and oxygen atoms in total. The lowest BCUT2D eigenvalue weighted by Gasteiger charge is -2.18. The van der Waals surface area contributed by atoms with Crippen molar-refractivity contribution in [2.45, 2.75) is 19.8 Å². The molecule has 1 aromatic carbocycles. The van der Waals surface area contributed by atoms with Crippen LogP contribution in [0.3, 0.4) is 0 Å². The highest BCUT2D eigenvalue weighted by atomic mass is 16.2. The number of rotatable bonds is 4. The molecular formula is C16H18N2O3. The summed E-state index contributed by atoms with van der Waals surface area (Å²) < 4.78 is 0. The Balaban J connectivity index is 1.59. The van der Waals surface area contributed by atoms with Crippen molar-refractivity contribution < 1.29 is 14.4 Å². The van der Waals surface area contributed by atoms with Crippen LogP contribution in [-0.4, -0.2) is 47.2 Å². The summed E-state index contributed by atoms with van der Waals surface area (Å²) in [7, 11) is 0. The maximum Gasteiger partial charge on any atom is 0.261 e. The van der Waals surface area contributed by atoms with Crippen LogP contribution in [-0.2, 0) is 4.79 Å². The first-order chi connectivity index (χ1) is 10.1. The zero-order valence-corrected chi connectivity index (χ0v) is 12.0. The van der Waals surface area contributed by atoms with Crippen molar-refractivity contribution in [2.24, 2.45) is 5.92 Å². The van der Waals surface area contributed by atoms with Gasteiger partial charge in [-0.05, 0) is 25.0 Å². The van der Waals surface area contributed by atoms with Crippen LogP contribution in [0, 0.1) is 5.92 Å². The highest BCUT2D eigenvalue weighted by Gasteiger charge is 2.35. The average Bonchev–Trinajstić information content (AvgIpc) is 2.93. The second-order valence-electron chi connectivity index (χ2n) is 5.68. The molecule has 0 aliphatic carbocycles. The lowest BCUT2D eigenvalue weighted by atomic mass is 10.1. The Bertz CT molecular complexity index is 576. The van der Waals surface area contributed by atoms with Gasteiger partial charge in [0.05, 0.1) is 11.1 Å². The van der Waals surface area contributed by atoms with Crippen molar-refractivity contribution in [3.63, 3.8) is 0 Å². The van der Waals surface area contributed by atoms with Gasteiger partial charge in [-0.1, -0.05) is 19.1 Å². The minimum Gasteiger partial charge on any atom is -0.342 e. The van der Waals surface area contributed by atoms with Crippen LogP contribution in [0.25, 0.3) is 0 Å². The SMILES string of the molecule is CC1CCN(CCCN2C(=O)c3ccccc3C2=O)C1=O. The Morgan fingerprint density at radius 2 is 1.67 bits per heavy atom. The van der Waals surface area contributed by atoms with Crippen LogP contribution < -0.4 is 0 Å². The lowest BCUT2D eigenvalue weighted by Crippen LogP contribution is -2.34. The van der Waals surface area contributed by atoms with Gasteiger partial charge in [-0.25, -0.2) is 0 Å². The van der Waals surface area contributed by atoms with Gasteiger partial charge in [-0.15, -0.1) is 0 Å². The van der Waals surface area contributed by atoms with Crippen LogP contribution in [0.15, 0.2) is 24.3 Å². The van der Waals surface area contributed by atoms with Gasteiger partial charge in [0.15, 0.2) is 0 Å². The molecule has 1 saturated heterocycles. The van der Waals surface area contributed by atoms with Crippen molar-refractivity contribution in [1.82, 2.24) is 9.80 Å². The minimum absolute atomic E-state index is 0.101. The predicted octanol–water partition coefficient (Wildman–Crippen LogP) is 1.54. The highest BCUT2D eigenvalue weighted by Crippen LogP contribution is 2.23. The molecule has 0 saturated carbocycles. The maximum absolute atomic E-state index is 12.2. The fourth-order valence-electron chi connectivity index (χ4n) is 2.98. The topological polar surface area (TPSA) is 57.7 Å². The van der Waals surface area contributed by atoms with Gasteiger partial charge in [-0.3, -0.25) is 19.3 Å². The third-order valence-electron chi connectivity index (χ3n) is 4.25. The lowest BCUT2D eigenvalue weighted by molar-refractivity contribution is -0.130. The maximum atomic E-state index is 12.2. The number of benzene rings is 1. The monoisotopic (exact) mass is 286 g/mol. The van der Waals surface area contributed by atoms with E-state index < -0.39 is 0 Å². The number of hydrogen-bond acceptors (Lipinski definition) is 3. The van der Waals surface area contributed by atoms with Crippen molar-refractivity contribution in [1.29, 1.82) is 0 Å². The summed E-state index contributed by atoms with van der Waals surface area (Å²) >= 11 is 0. The molecule has 3 rings (SSSR count). The molecule has 1 atom stereocenters. The van der Waals surface area contributed by atoms with Crippen LogP contribution in [0.2, 0.25) is 0 Å². The number of imide groups is 1. The van der Waals surface area contributed by atoms with E-state index in [-0.39, 0.29) is 23.6 Å². The molecule has 0 bridgehead atoms. The second-order valence-corrected chi connectivity index (χ2v) is 5.68. The summed E-state index contributed by atoms with van der Waals surface area (Å²) in [5.74, 6) is -0.171. The second kappa shape index (κ2) is 5.31. The fourth-order valence-corrected chi connectivity index (χ4v) is 2.98. The average molecular weight is 286 g/mol. The molecule has 1 fully saturated rings. The highest BCUT2D eigenvalue weighted by molar-refractivity contribution is 6.21. The molecule has 2 aliphatic heterocycles. The van der Waals surface area contributed by atoms with Crippen LogP contribution in [0.1, 0.15) is 40.5 Å². The van der Waals surface area contributed by atoms with E-state index in [1.54, 1.807) is 24.3 Å². The summed E-state index contributed by atoms with van der Waals surface area (Å²) in [6.45, 7) is 3.69. The fraction of sp³-hybridized carbons (Fsp3) is 0.438. The van der Waals surface area contributed by atoms with E-state index in [9.17, 15) is 14.4 Å². The summed E-state index contributed by atoms with van der Waals surface area (Å²) in [4.78, 5) is 39.3. The Morgan fingerprint density at radius 1 is 1.05 bits per heavy atom. The molecule has 110 valence electrons. The number of nitrogens with zero attached hydrogens (tertiary/aromatic N) is 2. The molecule has 2 heterocycles. The molecule has 3 amide bonds. The van der Waals surface area contributed by atoms with Gasteiger partial charge >= 0.3 is 0 Å². The van der Waals surface area contributed by atoms with E-state index in [0.717, 1.165) is 13.0 Å². The number of likely N-dealkylation sites (tertiary alicyclic amines) is 1. The molecule has 0 N–H and O–H groups in total. The Kier molecular flexibility index (Phi) is 3.49. The normalized spacial score (nSPS) is 21.4. The molecule has 0 spiro atoms. The molecular weight excluding hydrogens is 268 g/mol. The smallest absolute Gasteiger partial charge is 0.261 e. The van der Waals surface area contributed by atoms with Crippen molar-refractivity contribution in [3.8, 4) is 0 Å². The van der Waals surface area contributed by atoms with E-state index in [1.807, 2.05) is 11.8 Å². The van der Waals surface area contributed by atoms with E-state index in [2.05, 4.69) is 0 Å². The number of carbonyl (C=O) groups is 3. The van der Waals surface area contributed by atoms with Gasteiger partial charge < -0.3 is 4.90 Å². The van der Waals surface area contributed by atoms with Gasteiger partial charge in [0.2, 0.25) is 5.91 Å². The first-order valence-electron chi connectivity index (χ1n) is 7.33. The first kappa shape index (κ1) is 13.8. The molecule has 1 unspecified atom stereocenters. The van der Waals surface area contributed by atoms with E-state index >= 15 is 0 Å². The summed E-state index contributed by atoms with van der Waals surface area (Å²) in [5.41, 5.74) is 0.960. The molecule has 5 heteroatoms. The summed E-state index contributed by atoms with van der Waals surface area (Å²) in [5, 5.41) is 0. The van der Waals surface area contributed by atoms with E-state index in [4.69, 9.17) is 0 Å². The van der Waals surface area contributed by atoms with Gasteiger partial charge in [0.25, 0.3) is 11.8 Å². The molecule has 21 heavy (non-hydrogen) atoms. The first-order valence-corrected chi connectivity index (χ1v) is 7.33. The zero-order chi connectivity index (χ0) is 15.0. The Labute approximate surface area is 123 Å². The third-order valence-corrected chi connectivity index (χ3v) is 4.25. The Morgan fingerprint density at radius 3 is 2.19 bits per heavy atom. The molecule has 0 aromatic heterocycles. The van der Waals surface area contributed by atoms with E-state index in [1.165, 1.54) is 4.90 Å². The van der Waals surface area contributed by atoms with E-state index in [0.29, 0.717) is 30.6 Å². The van der Waals surface area contributed by atoms with Gasteiger partial charge in [0, 0.05) is 25.6 Å². The largest absolute Gasteiger partial charge is 0.342 e. The molecule has 2 aliphatic rings. The number of amides is 3. The molecule has 1 aromatic rings. The quantitative estimate of drug-likeness (QED) is 0.789. The minimum atomic E-state index is -0.225. The van der Waals surface area contributed by atoms with Crippen molar-refractivity contribution in [2.75, 3.05) is 19.6 Å². The van der Waals surface area contributed by atoms with Gasteiger partial charge in [-0.2, -0.15) is 0 Å². The van der Waals surface area contributed by atoms with Crippen LogP contribution in [0.5, 0.6) is 0 Å². The van der Waals surface area contributed by atoms with Crippen molar-refractivity contribution >= 4 is 17.7 Å². The van der Waals surface area contributed by atoms with Gasteiger partial charge in [0.1, 0.15) is 0 Å². The number of fused-ring (bicyclic) bond motifs is 1. The van der Waals surface area contributed by atoms with Crippen LogP contribution in [0.4, 0.5) is 0 Å². The van der Waals surface area contributed by atoms with Crippen molar-refractivity contribution in [3.05, 3.63) is 35.4 Å². The summed E-state index contributed by atoms with van der Waals surface area (Å²) in [6, 6.07) is 6.89. The molecule has 0 radical (unpaired) electrons. The number of carbonyl (C=O) groups excluding carboxylic acids is 3. The van der Waals surface area contributed by atoms with Crippen LogP contribution >= 0.6 is 0 Å². The standard InChI is InChI=1S/C16H18N2O3/c1-11-7-10-17(14(11)19)8-4-9-18-15(20)12-5-2-3-6-13(12)16(18)21/h2-3,5-6,11H,4,7-10H2,1H3. The third kappa shape index (κ3) is 2.33. The Hall–Kier alpha value is -2.17.